The van der Waals surface area contributed by atoms with Crippen molar-refractivity contribution in [2.45, 2.75) is 30.3 Å². The van der Waals surface area contributed by atoms with Gasteiger partial charge in [-0.15, -0.1) is 10.2 Å². The summed E-state index contributed by atoms with van der Waals surface area (Å²) < 4.78 is 4.08. The van der Waals surface area contributed by atoms with E-state index in [1.54, 1.807) is 18.0 Å². The third-order valence-electron chi connectivity index (χ3n) is 5.35. The molecule has 1 saturated heterocycles. The Morgan fingerprint density at radius 3 is 2.37 bits per heavy atom. The van der Waals surface area contributed by atoms with Crippen molar-refractivity contribution >= 4 is 11.8 Å². The van der Waals surface area contributed by atoms with E-state index in [9.17, 15) is 0 Å². The Hall–Kier alpha value is -2.90. The molecule has 0 unspecified atom stereocenters. The first-order valence-electron chi connectivity index (χ1n) is 10.3. The van der Waals surface area contributed by atoms with Gasteiger partial charge in [0.15, 0.2) is 11.0 Å². The first-order valence-corrected chi connectivity index (χ1v) is 11.3. The van der Waals surface area contributed by atoms with Gasteiger partial charge >= 0.3 is 0 Å². The molecule has 0 radical (unpaired) electrons. The van der Waals surface area contributed by atoms with Crippen LogP contribution >= 0.6 is 11.8 Å². The molecule has 0 N–H and O–H groups in total. The minimum Gasteiger partial charge on any atom is -0.296 e. The molecule has 0 atom stereocenters. The molecule has 5 rings (SSSR count). The van der Waals surface area contributed by atoms with Gasteiger partial charge in [0.2, 0.25) is 0 Å². The highest BCUT2D eigenvalue weighted by Crippen LogP contribution is 2.26. The maximum absolute atomic E-state index is 4.56. The predicted octanol–water partition coefficient (Wildman–Crippen LogP) is 4.34. The maximum atomic E-state index is 4.56. The molecule has 2 aromatic carbocycles. The van der Waals surface area contributed by atoms with E-state index >= 15 is 0 Å². The molecule has 1 fully saturated rings. The van der Waals surface area contributed by atoms with Crippen LogP contribution in [-0.4, -0.2) is 42.5 Å². The number of hydrogen-bond acceptors (Lipinski definition) is 5. The average molecular weight is 417 g/mol. The molecule has 3 heterocycles. The number of hydrogen-bond donors (Lipinski definition) is 0. The highest BCUT2D eigenvalue weighted by Gasteiger charge is 2.19. The topological polar surface area (TPSA) is 51.8 Å². The van der Waals surface area contributed by atoms with Crippen molar-refractivity contribution in [1.82, 2.24) is 29.4 Å². The Balaban J connectivity index is 1.35. The Labute approximate surface area is 180 Å². The molecule has 152 valence electrons. The van der Waals surface area contributed by atoms with Gasteiger partial charge in [0.25, 0.3) is 0 Å². The van der Waals surface area contributed by atoms with Gasteiger partial charge < -0.3 is 0 Å². The van der Waals surface area contributed by atoms with Crippen molar-refractivity contribution < 1.29 is 0 Å². The fraction of sp³-hybridized carbons (Fsp3) is 0.261. The molecule has 0 aliphatic carbocycles. The normalized spacial score (nSPS) is 14.4. The highest BCUT2D eigenvalue weighted by molar-refractivity contribution is 7.98. The number of rotatable bonds is 7. The van der Waals surface area contributed by atoms with Crippen LogP contribution in [0.1, 0.15) is 24.2 Å². The van der Waals surface area contributed by atoms with Gasteiger partial charge in [-0.3, -0.25) is 9.47 Å². The van der Waals surface area contributed by atoms with Crippen molar-refractivity contribution in [2.24, 2.45) is 0 Å². The number of nitrogens with zero attached hydrogens (tertiary/aromatic N) is 6. The summed E-state index contributed by atoms with van der Waals surface area (Å²) in [7, 11) is 0. The molecular weight excluding hydrogens is 392 g/mol. The zero-order chi connectivity index (χ0) is 20.2. The second kappa shape index (κ2) is 8.85. The molecule has 2 aromatic heterocycles. The second-order valence-electron chi connectivity index (χ2n) is 7.46. The zero-order valence-corrected chi connectivity index (χ0v) is 17.6. The molecule has 4 aromatic rings. The lowest BCUT2D eigenvalue weighted by molar-refractivity contribution is 0.319. The Morgan fingerprint density at radius 1 is 0.833 bits per heavy atom. The monoisotopic (exact) mass is 416 g/mol. The van der Waals surface area contributed by atoms with E-state index in [1.807, 2.05) is 23.0 Å². The summed E-state index contributed by atoms with van der Waals surface area (Å²) in [5, 5.41) is 14.3. The van der Waals surface area contributed by atoms with Gasteiger partial charge in [-0.2, -0.15) is 5.10 Å². The number of benzene rings is 2. The van der Waals surface area contributed by atoms with Gasteiger partial charge in [-0.05, 0) is 61.8 Å². The van der Waals surface area contributed by atoms with E-state index < -0.39 is 0 Å². The molecule has 0 spiro atoms. The highest BCUT2D eigenvalue weighted by atomic mass is 32.2. The maximum Gasteiger partial charge on any atom is 0.196 e. The van der Waals surface area contributed by atoms with E-state index in [1.165, 1.54) is 18.4 Å². The van der Waals surface area contributed by atoms with Crippen LogP contribution in [0.3, 0.4) is 0 Å². The molecule has 0 amide bonds. The summed E-state index contributed by atoms with van der Waals surface area (Å²) >= 11 is 1.73. The van der Waals surface area contributed by atoms with Crippen LogP contribution in [0.2, 0.25) is 0 Å². The third-order valence-corrected chi connectivity index (χ3v) is 6.35. The fourth-order valence-corrected chi connectivity index (χ4v) is 4.71. The first-order chi connectivity index (χ1) is 14.9. The summed E-state index contributed by atoms with van der Waals surface area (Å²) in [6, 6.07) is 20.9. The van der Waals surface area contributed by atoms with E-state index in [2.05, 4.69) is 73.3 Å². The Kier molecular flexibility index (Phi) is 5.63. The number of para-hydroxylation sites is 1. The van der Waals surface area contributed by atoms with Crippen molar-refractivity contribution in [3.8, 4) is 11.4 Å². The minimum atomic E-state index is 0.841. The Morgan fingerprint density at radius 2 is 1.63 bits per heavy atom. The number of thioether (sulfide) groups is 1. The quantitative estimate of drug-likeness (QED) is 0.420. The number of likely N-dealkylation sites (tertiary alicyclic amines) is 1. The van der Waals surface area contributed by atoms with Crippen molar-refractivity contribution in [3.63, 3.8) is 0 Å². The van der Waals surface area contributed by atoms with Gasteiger partial charge in [0.1, 0.15) is 0 Å². The standard InChI is InChI=1S/C23H24N6S/c1-2-7-21(8-3-1)29-22(17-27-14-4-5-15-27)25-26-23(29)30-18-19-9-11-20(12-10-19)28-16-6-13-24-28/h1-3,6-13,16H,4-5,14-15,17-18H2. The van der Waals surface area contributed by atoms with E-state index in [0.29, 0.717) is 0 Å². The summed E-state index contributed by atoms with van der Waals surface area (Å²) in [4.78, 5) is 2.46. The molecule has 7 heteroatoms. The van der Waals surface area contributed by atoms with Crippen LogP contribution in [0.5, 0.6) is 0 Å². The first kappa shape index (κ1) is 19.1. The largest absolute Gasteiger partial charge is 0.296 e. The van der Waals surface area contributed by atoms with Crippen LogP contribution in [0, 0.1) is 0 Å². The van der Waals surface area contributed by atoms with Crippen LogP contribution in [0.25, 0.3) is 11.4 Å². The molecule has 1 aliphatic rings. The summed E-state index contributed by atoms with van der Waals surface area (Å²) in [6.45, 7) is 3.14. The molecule has 30 heavy (non-hydrogen) atoms. The number of aromatic nitrogens is 5. The van der Waals surface area contributed by atoms with Crippen LogP contribution in [0.15, 0.2) is 78.2 Å². The van der Waals surface area contributed by atoms with Gasteiger partial charge in [0, 0.05) is 23.8 Å². The van der Waals surface area contributed by atoms with Crippen LogP contribution in [0.4, 0.5) is 0 Å². The van der Waals surface area contributed by atoms with Gasteiger partial charge in [-0.1, -0.05) is 42.1 Å². The Bertz CT molecular complexity index is 1070. The SMILES string of the molecule is c1ccc(-n2c(CN3CCCC3)nnc2SCc2ccc(-n3cccn3)cc2)cc1. The molecule has 0 bridgehead atoms. The minimum absolute atomic E-state index is 0.841. The lowest BCUT2D eigenvalue weighted by Gasteiger charge is -2.16. The molecule has 6 nitrogen and oxygen atoms in total. The summed E-state index contributed by atoms with van der Waals surface area (Å²) in [5.41, 5.74) is 3.43. The summed E-state index contributed by atoms with van der Waals surface area (Å²) in [6.07, 6.45) is 6.29. The zero-order valence-electron chi connectivity index (χ0n) is 16.8. The average Bonchev–Trinajstić information content (AvgIpc) is 3.56. The molecular formula is C23H24N6S. The lowest BCUT2D eigenvalue weighted by atomic mass is 10.2. The van der Waals surface area contributed by atoms with Crippen LogP contribution in [-0.2, 0) is 12.3 Å². The van der Waals surface area contributed by atoms with E-state index in [0.717, 1.165) is 47.7 Å². The van der Waals surface area contributed by atoms with E-state index in [4.69, 9.17) is 0 Å². The fourth-order valence-electron chi connectivity index (χ4n) is 3.79. The molecule has 1 aliphatic heterocycles. The van der Waals surface area contributed by atoms with Crippen molar-refractivity contribution in [2.75, 3.05) is 13.1 Å². The van der Waals surface area contributed by atoms with Crippen LogP contribution < -0.4 is 0 Å². The van der Waals surface area contributed by atoms with Gasteiger partial charge in [-0.25, -0.2) is 4.68 Å². The predicted molar refractivity (Wildman–Crippen MR) is 119 cm³/mol. The lowest BCUT2D eigenvalue weighted by Crippen LogP contribution is -2.21. The van der Waals surface area contributed by atoms with Crippen molar-refractivity contribution in [1.29, 1.82) is 0 Å². The van der Waals surface area contributed by atoms with Gasteiger partial charge in [0.05, 0.1) is 12.2 Å². The smallest absolute Gasteiger partial charge is 0.196 e. The summed E-state index contributed by atoms with van der Waals surface area (Å²) in [5.74, 6) is 1.85. The molecule has 0 saturated carbocycles. The second-order valence-corrected chi connectivity index (χ2v) is 8.40. The van der Waals surface area contributed by atoms with Crippen molar-refractivity contribution in [3.05, 3.63) is 84.4 Å². The third kappa shape index (κ3) is 4.17. The van der Waals surface area contributed by atoms with E-state index in [-0.39, 0.29) is 0 Å².